The normalized spacial score (nSPS) is 18.7. The Kier molecular flexibility index (Phi) is 6.17. The number of hydrogen-bond acceptors (Lipinski definition) is 4. The fraction of sp³-hybridized carbons (Fsp3) is 0.400. The number of alkyl carbamates (subject to hydrolysis) is 1. The minimum atomic E-state index is -1.02. The quantitative estimate of drug-likeness (QED) is 0.691. The van der Waals surface area contributed by atoms with Gasteiger partial charge in [0.2, 0.25) is 5.91 Å². The van der Waals surface area contributed by atoms with Crippen LogP contribution < -0.4 is 5.32 Å². The molecule has 2 aliphatic rings. The number of fused-ring (bicyclic) bond motifs is 3. The lowest BCUT2D eigenvalue weighted by Gasteiger charge is -2.41. The molecule has 168 valence electrons. The van der Waals surface area contributed by atoms with Crippen LogP contribution in [0.2, 0.25) is 0 Å². The molecule has 0 bridgehead atoms. The van der Waals surface area contributed by atoms with Gasteiger partial charge >= 0.3 is 12.1 Å². The van der Waals surface area contributed by atoms with Gasteiger partial charge in [-0.3, -0.25) is 4.79 Å². The summed E-state index contributed by atoms with van der Waals surface area (Å²) < 4.78 is 5.58. The summed E-state index contributed by atoms with van der Waals surface area (Å²) >= 11 is 0. The van der Waals surface area contributed by atoms with Crippen molar-refractivity contribution in [3.63, 3.8) is 0 Å². The van der Waals surface area contributed by atoms with Crippen LogP contribution in [0.4, 0.5) is 4.79 Å². The molecule has 0 spiro atoms. The Balaban J connectivity index is 1.44. The lowest BCUT2D eigenvalue weighted by atomic mass is 9.94. The van der Waals surface area contributed by atoms with E-state index in [1.54, 1.807) is 0 Å². The van der Waals surface area contributed by atoms with E-state index in [1.807, 2.05) is 50.2 Å². The van der Waals surface area contributed by atoms with Gasteiger partial charge in [-0.05, 0) is 34.6 Å². The van der Waals surface area contributed by atoms with Crippen molar-refractivity contribution in [3.8, 4) is 11.1 Å². The highest BCUT2D eigenvalue weighted by Gasteiger charge is 2.42. The van der Waals surface area contributed by atoms with Crippen molar-refractivity contribution in [3.05, 3.63) is 59.7 Å². The molecule has 0 radical (unpaired) electrons. The number of aliphatic carboxylic acids is 1. The minimum absolute atomic E-state index is 0.0716. The molecule has 2 aromatic carbocycles. The second-order valence-corrected chi connectivity index (χ2v) is 8.51. The third kappa shape index (κ3) is 3.95. The van der Waals surface area contributed by atoms with Crippen LogP contribution >= 0.6 is 0 Å². The van der Waals surface area contributed by atoms with Gasteiger partial charge in [-0.25, -0.2) is 9.59 Å². The van der Waals surface area contributed by atoms with Crippen LogP contribution in [0, 0.1) is 5.92 Å². The summed E-state index contributed by atoms with van der Waals surface area (Å²) in [4.78, 5) is 38.3. The van der Waals surface area contributed by atoms with Crippen LogP contribution in [0.15, 0.2) is 48.5 Å². The molecule has 1 aliphatic carbocycles. The van der Waals surface area contributed by atoms with Crippen molar-refractivity contribution < 1.29 is 24.2 Å². The highest BCUT2D eigenvalue weighted by Crippen LogP contribution is 2.44. The number of carbonyl (C=O) groups is 3. The molecular formula is C25H28N2O5. The van der Waals surface area contributed by atoms with E-state index < -0.39 is 24.1 Å². The van der Waals surface area contributed by atoms with Crippen molar-refractivity contribution in [2.75, 3.05) is 13.2 Å². The average Bonchev–Trinajstić information content (AvgIpc) is 3.08. The summed E-state index contributed by atoms with van der Waals surface area (Å²) in [7, 11) is 0. The summed E-state index contributed by atoms with van der Waals surface area (Å²) in [6, 6.07) is 14.5. The molecule has 2 N–H and O–H groups in total. The van der Waals surface area contributed by atoms with Crippen LogP contribution in [0.5, 0.6) is 0 Å². The molecule has 0 aromatic heterocycles. The summed E-state index contributed by atoms with van der Waals surface area (Å²) in [6.45, 7) is 4.33. The first-order chi connectivity index (χ1) is 15.4. The first kappa shape index (κ1) is 21.9. The maximum Gasteiger partial charge on any atom is 0.407 e. The van der Waals surface area contributed by atoms with Gasteiger partial charge in [0.15, 0.2) is 0 Å². The van der Waals surface area contributed by atoms with Crippen molar-refractivity contribution in [2.45, 2.75) is 44.7 Å². The third-order valence-corrected chi connectivity index (χ3v) is 6.68. The molecule has 1 saturated heterocycles. The minimum Gasteiger partial charge on any atom is -0.480 e. The molecule has 1 heterocycles. The van der Waals surface area contributed by atoms with Gasteiger partial charge in [-0.1, -0.05) is 68.8 Å². The Morgan fingerprint density at radius 2 is 1.69 bits per heavy atom. The second kappa shape index (κ2) is 9.02. The molecule has 7 heteroatoms. The molecular weight excluding hydrogens is 408 g/mol. The summed E-state index contributed by atoms with van der Waals surface area (Å²) in [5, 5.41) is 12.0. The lowest BCUT2D eigenvalue weighted by Crippen LogP contribution is -2.61. The van der Waals surface area contributed by atoms with Gasteiger partial charge < -0.3 is 20.1 Å². The Labute approximate surface area is 187 Å². The third-order valence-electron chi connectivity index (χ3n) is 6.68. The number of nitrogens with one attached hydrogen (secondary N) is 1. The maximum absolute atomic E-state index is 13.0. The molecule has 2 unspecified atom stereocenters. The molecule has 1 fully saturated rings. The smallest absolute Gasteiger partial charge is 0.407 e. The lowest BCUT2D eigenvalue weighted by molar-refractivity contribution is -0.158. The zero-order valence-electron chi connectivity index (χ0n) is 18.3. The fourth-order valence-corrected chi connectivity index (χ4v) is 4.54. The van der Waals surface area contributed by atoms with E-state index in [0.29, 0.717) is 19.4 Å². The van der Waals surface area contributed by atoms with Gasteiger partial charge in [0.05, 0.1) is 0 Å². The van der Waals surface area contributed by atoms with Crippen molar-refractivity contribution in [1.29, 1.82) is 0 Å². The number of amides is 2. The van der Waals surface area contributed by atoms with E-state index in [4.69, 9.17) is 4.74 Å². The highest BCUT2D eigenvalue weighted by molar-refractivity contribution is 5.90. The Hall–Kier alpha value is -3.35. The number of hydrogen-bond donors (Lipinski definition) is 2. The largest absolute Gasteiger partial charge is 0.480 e. The Bertz CT molecular complexity index is 991. The van der Waals surface area contributed by atoms with E-state index >= 15 is 0 Å². The molecule has 3 atom stereocenters. The number of ether oxygens (including phenoxy) is 1. The number of carboxylic acid groups (broad SMARTS) is 1. The molecule has 4 rings (SSSR count). The van der Waals surface area contributed by atoms with Crippen LogP contribution in [0.1, 0.15) is 43.7 Å². The molecule has 7 nitrogen and oxygen atoms in total. The predicted molar refractivity (Wildman–Crippen MR) is 119 cm³/mol. The van der Waals surface area contributed by atoms with Gasteiger partial charge in [-0.2, -0.15) is 0 Å². The van der Waals surface area contributed by atoms with E-state index in [9.17, 15) is 19.5 Å². The monoisotopic (exact) mass is 436 g/mol. The zero-order valence-corrected chi connectivity index (χ0v) is 18.3. The summed E-state index contributed by atoms with van der Waals surface area (Å²) in [5.41, 5.74) is 4.51. The topological polar surface area (TPSA) is 95.9 Å². The summed E-state index contributed by atoms with van der Waals surface area (Å²) in [5.74, 6) is -1.61. The zero-order chi connectivity index (χ0) is 22.8. The summed E-state index contributed by atoms with van der Waals surface area (Å²) in [6.07, 6.45) is 0.420. The van der Waals surface area contributed by atoms with E-state index in [1.165, 1.54) is 4.90 Å². The molecule has 2 amide bonds. The number of rotatable bonds is 7. The maximum atomic E-state index is 13.0. The molecule has 2 aromatic rings. The average molecular weight is 437 g/mol. The first-order valence-electron chi connectivity index (χ1n) is 11.1. The number of benzene rings is 2. The van der Waals surface area contributed by atoms with E-state index in [2.05, 4.69) is 17.4 Å². The van der Waals surface area contributed by atoms with Crippen LogP contribution in [0.3, 0.4) is 0 Å². The van der Waals surface area contributed by atoms with Crippen LogP contribution in [0.25, 0.3) is 11.1 Å². The van der Waals surface area contributed by atoms with Crippen molar-refractivity contribution >= 4 is 18.0 Å². The number of nitrogens with zero attached hydrogens (tertiary/aromatic N) is 1. The van der Waals surface area contributed by atoms with Gasteiger partial charge in [0.1, 0.15) is 18.7 Å². The van der Waals surface area contributed by atoms with Crippen LogP contribution in [-0.4, -0.2) is 53.2 Å². The van der Waals surface area contributed by atoms with Gasteiger partial charge in [0, 0.05) is 12.5 Å². The predicted octanol–water partition coefficient (Wildman–Crippen LogP) is 3.63. The van der Waals surface area contributed by atoms with Gasteiger partial charge in [0.25, 0.3) is 0 Å². The van der Waals surface area contributed by atoms with Crippen molar-refractivity contribution in [1.82, 2.24) is 10.2 Å². The molecule has 32 heavy (non-hydrogen) atoms. The van der Waals surface area contributed by atoms with E-state index in [0.717, 1.165) is 22.3 Å². The molecule has 1 aliphatic heterocycles. The second-order valence-electron chi connectivity index (χ2n) is 8.51. The SMILES string of the molecule is CCC(C)[C@H](NC(=O)OCC1c2ccccc2-c2ccccc21)C(=O)N1CCC1C(=O)O. The standard InChI is InChI=1S/C25H28N2O5/c1-3-15(2)22(23(28)27-13-12-21(27)24(29)30)26-25(31)32-14-20-18-10-6-4-8-16(18)17-9-5-7-11-19(17)20/h4-11,15,20-22H,3,12-14H2,1-2H3,(H,26,31)(H,29,30)/t15?,21?,22-/m0/s1. The molecule has 0 saturated carbocycles. The van der Waals surface area contributed by atoms with Gasteiger partial charge in [-0.15, -0.1) is 0 Å². The Morgan fingerprint density at radius 1 is 1.09 bits per heavy atom. The number of likely N-dealkylation sites (tertiary alicyclic amines) is 1. The van der Waals surface area contributed by atoms with Crippen molar-refractivity contribution in [2.24, 2.45) is 5.92 Å². The first-order valence-corrected chi connectivity index (χ1v) is 11.1. The number of carboxylic acids is 1. The number of carbonyl (C=O) groups excluding carboxylic acids is 2. The fourth-order valence-electron chi connectivity index (χ4n) is 4.54. The Morgan fingerprint density at radius 3 is 2.19 bits per heavy atom. The van der Waals surface area contributed by atoms with E-state index in [-0.39, 0.29) is 24.3 Å². The van der Waals surface area contributed by atoms with Crippen LogP contribution in [-0.2, 0) is 14.3 Å². The highest BCUT2D eigenvalue weighted by atomic mass is 16.5.